The van der Waals surface area contributed by atoms with E-state index in [0.29, 0.717) is 12.4 Å². The van der Waals surface area contributed by atoms with Crippen LogP contribution in [0.1, 0.15) is 24.8 Å². The van der Waals surface area contributed by atoms with E-state index >= 15 is 0 Å². The minimum atomic E-state index is 0.464. The molecule has 0 aromatic carbocycles. The summed E-state index contributed by atoms with van der Waals surface area (Å²) in [4.78, 5) is 9.20. The number of methoxy groups -OCH3 is 1. The number of hydrogen-bond acceptors (Lipinski definition) is 5. The number of halogens is 1. The summed E-state index contributed by atoms with van der Waals surface area (Å²) in [6, 6.07) is 1.89. The molecule has 0 aliphatic rings. The topological polar surface area (TPSA) is 60.2 Å². The second kappa shape index (κ2) is 7.03. The number of aromatic nitrogens is 2. The lowest BCUT2D eigenvalue weighted by Crippen LogP contribution is -2.09. The summed E-state index contributed by atoms with van der Waals surface area (Å²) in [5.74, 6) is 2.34. The van der Waals surface area contributed by atoms with Crippen LogP contribution in [-0.2, 0) is 11.3 Å². The van der Waals surface area contributed by atoms with Crippen molar-refractivity contribution in [2.75, 3.05) is 19.0 Å². The van der Waals surface area contributed by atoms with E-state index < -0.39 is 0 Å². The highest BCUT2D eigenvalue weighted by atomic mass is 127. The monoisotopic (exact) mass is 387 g/mol. The molecule has 0 aliphatic heterocycles. The molecule has 0 radical (unpaired) electrons. The molecule has 1 N–H and O–H groups in total. The van der Waals surface area contributed by atoms with Gasteiger partial charge in [0.1, 0.15) is 11.6 Å². The molecule has 2 rings (SSSR count). The second-order valence-corrected chi connectivity index (χ2v) is 5.49. The summed E-state index contributed by atoms with van der Waals surface area (Å²) in [7, 11) is 1.67. The largest absolute Gasteiger partial charge is 0.469 e. The van der Waals surface area contributed by atoms with Gasteiger partial charge in [0.05, 0.1) is 27.7 Å². The van der Waals surface area contributed by atoms with E-state index in [2.05, 4.69) is 44.8 Å². The van der Waals surface area contributed by atoms with Crippen LogP contribution in [0, 0.1) is 10.5 Å². The van der Waals surface area contributed by atoms with Crippen molar-refractivity contribution in [2.45, 2.75) is 26.9 Å². The normalized spacial score (nSPS) is 10.8. The van der Waals surface area contributed by atoms with Crippen molar-refractivity contribution in [3.63, 3.8) is 0 Å². The molecule has 0 spiro atoms. The number of anilines is 1. The molecule has 2 aromatic rings. The molecular weight excluding hydrogens is 369 g/mol. The maximum absolute atomic E-state index is 5.34. The van der Waals surface area contributed by atoms with Crippen LogP contribution in [-0.4, -0.2) is 23.6 Å². The van der Waals surface area contributed by atoms with E-state index in [9.17, 15) is 0 Å². The summed E-state index contributed by atoms with van der Waals surface area (Å²) in [6.07, 6.45) is 2.70. The lowest BCUT2D eigenvalue weighted by Gasteiger charge is -2.12. The standard InChI is InChI=1S/C14H18IN3O2/c1-4-6-16-14-12(15)11(8-19-3)17-13(18-14)10-5-7-20-9(10)2/h5,7H,4,6,8H2,1-3H3,(H,16,17,18). The number of ether oxygens (including phenoxy) is 1. The Bertz CT molecular complexity index is 584. The Morgan fingerprint density at radius 3 is 2.80 bits per heavy atom. The number of furan rings is 1. The van der Waals surface area contributed by atoms with E-state index in [1.807, 2.05) is 13.0 Å². The first-order chi connectivity index (χ1) is 9.67. The first-order valence-corrected chi connectivity index (χ1v) is 7.59. The minimum Gasteiger partial charge on any atom is -0.469 e. The molecule has 6 heteroatoms. The van der Waals surface area contributed by atoms with Gasteiger partial charge in [-0.25, -0.2) is 9.97 Å². The number of nitrogens with one attached hydrogen (secondary N) is 1. The Hall–Kier alpha value is -1.15. The van der Waals surface area contributed by atoms with Gasteiger partial charge in [-0.05, 0) is 42.0 Å². The van der Waals surface area contributed by atoms with Gasteiger partial charge < -0.3 is 14.5 Å². The van der Waals surface area contributed by atoms with Crippen molar-refractivity contribution in [1.82, 2.24) is 9.97 Å². The second-order valence-electron chi connectivity index (χ2n) is 4.41. The average Bonchev–Trinajstić information content (AvgIpc) is 2.86. The highest BCUT2D eigenvalue weighted by Gasteiger charge is 2.15. The van der Waals surface area contributed by atoms with E-state index in [-0.39, 0.29) is 0 Å². The zero-order valence-corrected chi connectivity index (χ0v) is 14.0. The van der Waals surface area contributed by atoms with E-state index in [0.717, 1.165) is 39.4 Å². The molecule has 0 atom stereocenters. The van der Waals surface area contributed by atoms with Crippen molar-refractivity contribution in [1.29, 1.82) is 0 Å². The third-order valence-electron chi connectivity index (χ3n) is 2.84. The van der Waals surface area contributed by atoms with Crippen molar-refractivity contribution >= 4 is 28.4 Å². The molecule has 5 nitrogen and oxygen atoms in total. The summed E-state index contributed by atoms with van der Waals surface area (Å²) in [6.45, 7) is 5.37. The molecule has 2 heterocycles. The molecule has 0 saturated heterocycles. The fraction of sp³-hybridized carbons (Fsp3) is 0.429. The molecule has 0 amide bonds. The lowest BCUT2D eigenvalue weighted by atomic mass is 10.2. The van der Waals surface area contributed by atoms with E-state index in [1.54, 1.807) is 13.4 Å². The van der Waals surface area contributed by atoms with Crippen LogP contribution >= 0.6 is 22.6 Å². The zero-order chi connectivity index (χ0) is 14.5. The van der Waals surface area contributed by atoms with Gasteiger partial charge >= 0.3 is 0 Å². The van der Waals surface area contributed by atoms with Crippen molar-refractivity contribution < 1.29 is 9.15 Å². The summed E-state index contributed by atoms with van der Waals surface area (Å²) < 4.78 is 11.6. The van der Waals surface area contributed by atoms with Crippen LogP contribution in [0.5, 0.6) is 0 Å². The van der Waals surface area contributed by atoms with Crippen LogP contribution in [0.4, 0.5) is 5.82 Å². The predicted molar refractivity (Wildman–Crippen MR) is 86.7 cm³/mol. The van der Waals surface area contributed by atoms with E-state index in [1.165, 1.54) is 0 Å². The van der Waals surface area contributed by atoms with Crippen molar-refractivity contribution in [2.24, 2.45) is 0 Å². The fourth-order valence-electron chi connectivity index (χ4n) is 1.82. The highest BCUT2D eigenvalue weighted by molar-refractivity contribution is 14.1. The number of nitrogens with zero attached hydrogens (tertiary/aromatic N) is 2. The molecule has 0 fully saturated rings. The zero-order valence-electron chi connectivity index (χ0n) is 11.9. The third kappa shape index (κ3) is 3.29. The van der Waals surface area contributed by atoms with Gasteiger partial charge in [-0.1, -0.05) is 6.92 Å². The molecule has 2 aromatic heterocycles. The molecule has 20 heavy (non-hydrogen) atoms. The molecule has 0 bridgehead atoms. The summed E-state index contributed by atoms with van der Waals surface area (Å²) in [5.41, 5.74) is 1.80. The van der Waals surface area contributed by atoms with Gasteiger partial charge in [-0.15, -0.1) is 0 Å². The number of aryl methyl sites for hydroxylation is 1. The Balaban J connectivity index is 2.46. The predicted octanol–water partition coefficient (Wildman–Crippen LogP) is 3.62. The molecule has 0 saturated carbocycles. The van der Waals surface area contributed by atoms with Crippen molar-refractivity contribution in [3.05, 3.63) is 27.4 Å². The van der Waals surface area contributed by atoms with Crippen LogP contribution in [0.25, 0.3) is 11.4 Å². The number of hydrogen-bond donors (Lipinski definition) is 1. The first kappa shape index (κ1) is 15.2. The first-order valence-electron chi connectivity index (χ1n) is 6.51. The fourth-order valence-corrected chi connectivity index (χ4v) is 2.41. The van der Waals surface area contributed by atoms with Crippen LogP contribution in [0.15, 0.2) is 16.7 Å². The Kier molecular flexibility index (Phi) is 5.36. The average molecular weight is 387 g/mol. The maximum atomic E-state index is 5.34. The third-order valence-corrected chi connectivity index (χ3v) is 3.98. The Morgan fingerprint density at radius 1 is 1.40 bits per heavy atom. The van der Waals surface area contributed by atoms with Gasteiger partial charge in [-0.2, -0.15) is 0 Å². The van der Waals surface area contributed by atoms with Gasteiger partial charge in [-0.3, -0.25) is 0 Å². The lowest BCUT2D eigenvalue weighted by molar-refractivity contribution is 0.181. The highest BCUT2D eigenvalue weighted by Crippen LogP contribution is 2.26. The SMILES string of the molecule is CCCNc1nc(-c2ccoc2C)nc(COC)c1I. The van der Waals surface area contributed by atoms with Gasteiger partial charge in [0.15, 0.2) is 5.82 Å². The molecule has 0 aliphatic carbocycles. The van der Waals surface area contributed by atoms with Gasteiger partial charge in [0, 0.05) is 13.7 Å². The quantitative estimate of drug-likeness (QED) is 0.768. The molecular formula is C14H18IN3O2. The van der Waals surface area contributed by atoms with Crippen LogP contribution in [0.3, 0.4) is 0 Å². The number of rotatable bonds is 6. The van der Waals surface area contributed by atoms with Crippen LogP contribution < -0.4 is 5.32 Å². The van der Waals surface area contributed by atoms with Crippen LogP contribution in [0.2, 0.25) is 0 Å². The molecule has 108 valence electrons. The van der Waals surface area contributed by atoms with E-state index in [4.69, 9.17) is 9.15 Å². The summed E-state index contributed by atoms with van der Waals surface area (Å²) >= 11 is 2.26. The minimum absolute atomic E-state index is 0.464. The smallest absolute Gasteiger partial charge is 0.165 e. The maximum Gasteiger partial charge on any atom is 0.165 e. The summed E-state index contributed by atoms with van der Waals surface area (Å²) in [5, 5.41) is 3.34. The van der Waals surface area contributed by atoms with Crippen molar-refractivity contribution in [3.8, 4) is 11.4 Å². The van der Waals surface area contributed by atoms with Gasteiger partial charge in [0.2, 0.25) is 0 Å². The molecule has 0 unspecified atom stereocenters. The Morgan fingerprint density at radius 2 is 2.20 bits per heavy atom. The Labute approximate surface area is 132 Å². The van der Waals surface area contributed by atoms with Gasteiger partial charge in [0.25, 0.3) is 0 Å².